The summed E-state index contributed by atoms with van der Waals surface area (Å²) in [6.45, 7) is 9.10. The van der Waals surface area contributed by atoms with E-state index in [2.05, 4.69) is 32.6 Å². The Morgan fingerprint density at radius 2 is 1.50 bits per heavy atom. The lowest BCUT2D eigenvalue weighted by Gasteiger charge is -2.36. The number of rotatable bonds is 13. The average molecular weight is 415 g/mol. The van der Waals surface area contributed by atoms with E-state index in [1.807, 2.05) is 30.3 Å². The van der Waals surface area contributed by atoms with E-state index in [9.17, 15) is 0 Å². The van der Waals surface area contributed by atoms with Crippen LogP contribution in [0.15, 0.2) is 42.2 Å². The molecule has 1 heterocycles. The van der Waals surface area contributed by atoms with Crippen LogP contribution in [0.2, 0.25) is 0 Å². The van der Waals surface area contributed by atoms with Crippen molar-refractivity contribution in [2.24, 2.45) is 0 Å². The second-order valence-electron chi connectivity index (χ2n) is 7.63. The van der Waals surface area contributed by atoms with Crippen molar-refractivity contribution in [3.63, 3.8) is 0 Å². The summed E-state index contributed by atoms with van der Waals surface area (Å²) < 4.78 is 24.5. The normalized spacial score (nSPS) is 20.8. The Morgan fingerprint density at radius 3 is 2.20 bits per heavy atom. The number of unbranched alkanes of at least 4 members (excludes halogenated alkanes) is 3. The third kappa shape index (κ3) is 8.52. The van der Waals surface area contributed by atoms with Gasteiger partial charge in [0.25, 0.3) is 0 Å². The maximum atomic E-state index is 6.29. The Morgan fingerprint density at radius 1 is 0.833 bits per heavy atom. The van der Waals surface area contributed by atoms with Crippen LogP contribution in [0.1, 0.15) is 64.9 Å². The molecule has 0 amide bonds. The zero-order valence-electron chi connectivity index (χ0n) is 18.9. The fraction of sp³-hybridized carbons (Fsp3) is 0.615. The number of benzene rings is 1. The lowest BCUT2D eigenvalue weighted by molar-refractivity contribution is -0.141. The highest BCUT2D eigenvalue weighted by molar-refractivity contribution is 5.42. The van der Waals surface area contributed by atoms with Gasteiger partial charge in [0.05, 0.1) is 18.4 Å². The Labute approximate surface area is 182 Å². The van der Waals surface area contributed by atoms with Crippen molar-refractivity contribution >= 4 is 0 Å². The molecule has 166 valence electrons. The van der Waals surface area contributed by atoms with Gasteiger partial charge in [0.1, 0.15) is 18.3 Å². The van der Waals surface area contributed by atoms with Gasteiger partial charge in [0.2, 0.25) is 0 Å². The van der Waals surface area contributed by atoms with E-state index >= 15 is 0 Å². The Balaban J connectivity index is 2.18. The number of hydrogen-bond acceptors (Lipinski definition) is 4. The van der Waals surface area contributed by atoms with E-state index in [0.29, 0.717) is 19.8 Å². The zero-order chi connectivity index (χ0) is 21.4. The van der Waals surface area contributed by atoms with Crippen LogP contribution in [-0.4, -0.2) is 44.7 Å². The summed E-state index contributed by atoms with van der Waals surface area (Å²) in [4.78, 5) is 0. The maximum Gasteiger partial charge on any atom is 0.150 e. The van der Waals surface area contributed by atoms with Crippen LogP contribution < -0.4 is 0 Å². The molecule has 4 heteroatoms. The topological polar surface area (TPSA) is 36.9 Å². The van der Waals surface area contributed by atoms with E-state index < -0.39 is 0 Å². The Bertz CT molecular complexity index is 659. The molecule has 4 nitrogen and oxygen atoms in total. The largest absolute Gasteiger partial charge is 0.492 e. The van der Waals surface area contributed by atoms with E-state index in [1.165, 1.54) is 0 Å². The third-order valence-electron chi connectivity index (χ3n) is 4.99. The van der Waals surface area contributed by atoms with Gasteiger partial charge in [0, 0.05) is 25.4 Å². The highest BCUT2D eigenvalue weighted by Crippen LogP contribution is 2.26. The van der Waals surface area contributed by atoms with Crippen molar-refractivity contribution in [2.45, 2.75) is 77.6 Å². The third-order valence-corrected chi connectivity index (χ3v) is 4.99. The summed E-state index contributed by atoms with van der Waals surface area (Å²) in [7, 11) is 0. The van der Waals surface area contributed by atoms with Crippen molar-refractivity contribution in [3.05, 3.63) is 47.7 Å². The van der Waals surface area contributed by atoms with Crippen molar-refractivity contribution < 1.29 is 18.9 Å². The Hall–Kier alpha value is -1.80. The van der Waals surface area contributed by atoms with Gasteiger partial charge >= 0.3 is 0 Å². The zero-order valence-corrected chi connectivity index (χ0v) is 18.9. The molecule has 0 aliphatic carbocycles. The van der Waals surface area contributed by atoms with Crippen LogP contribution in [0, 0.1) is 11.8 Å². The molecule has 0 fully saturated rings. The first-order valence-corrected chi connectivity index (χ1v) is 11.5. The monoisotopic (exact) mass is 414 g/mol. The fourth-order valence-corrected chi connectivity index (χ4v) is 3.12. The molecule has 0 N–H and O–H groups in total. The lowest BCUT2D eigenvalue weighted by Crippen LogP contribution is -2.48. The molecule has 0 spiro atoms. The molecular weight excluding hydrogens is 376 g/mol. The summed E-state index contributed by atoms with van der Waals surface area (Å²) in [5.74, 6) is 6.50. The summed E-state index contributed by atoms with van der Waals surface area (Å²) in [6, 6.07) is 9.98. The molecule has 0 saturated heterocycles. The number of hydrogen-bond donors (Lipinski definition) is 0. The van der Waals surface area contributed by atoms with E-state index in [-0.39, 0.29) is 18.3 Å². The number of ether oxygens (including phenoxy) is 4. The quantitative estimate of drug-likeness (QED) is 0.315. The molecule has 0 radical (unpaired) electrons. The first-order valence-electron chi connectivity index (χ1n) is 11.5. The van der Waals surface area contributed by atoms with Gasteiger partial charge in [-0.1, -0.05) is 70.1 Å². The van der Waals surface area contributed by atoms with Crippen LogP contribution in [0.4, 0.5) is 0 Å². The van der Waals surface area contributed by atoms with Gasteiger partial charge in [-0.15, -0.1) is 0 Å². The van der Waals surface area contributed by atoms with Crippen molar-refractivity contribution in [1.29, 1.82) is 0 Å². The molecule has 0 unspecified atom stereocenters. The lowest BCUT2D eigenvalue weighted by atomic mass is 9.98. The molecule has 3 atom stereocenters. The smallest absolute Gasteiger partial charge is 0.150 e. The molecule has 1 aromatic rings. The second-order valence-corrected chi connectivity index (χ2v) is 7.63. The molecule has 1 aliphatic heterocycles. The van der Waals surface area contributed by atoms with Gasteiger partial charge in [-0.05, 0) is 31.4 Å². The van der Waals surface area contributed by atoms with Gasteiger partial charge in [0.15, 0.2) is 0 Å². The molecule has 2 rings (SSSR count). The van der Waals surface area contributed by atoms with E-state index in [1.54, 1.807) is 6.26 Å². The second kappa shape index (κ2) is 15.1. The molecule has 30 heavy (non-hydrogen) atoms. The van der Waals surface area contributed by atoms with Gasteiger partial charge in [-0.3, -0.25) is 0 Å². The SMILES string of the molecule is CCCCOC[C@H]1OC=C(C#Cc2ccccc2)[C@@H](OCCCC)[C@H]1OCCCC. The van der Waals surface area contributed by atoms with Crippen LogP contribution in [0.25, 0.3) is 0 Å². The van der Waals surface area contributed by atoms with E-state index in [4.69, 9.17) is 18.9 Å². The summed E-state index contributed by atoms with van der Waals surface area (Å²) in [6.07, 6.45) is 7.46. The minimum atomic E-state index is -0.238. The van der Waals surface area contributed by atoms with Crippen molar-refractivity contribution in [1.82, 2.24) is 0 Å². The van der Waals surface area contributed by atoms with Crippen LogP contribution >= 0.6 is 0 Å². The van der Waals surface area contributed by atoms with Gasteiger partial charge in [-0.2, -0.15) is 0 Å². The van der Waals surface area contributed by atoms with Crippen molar-refractivity contribution in [2.75, 3.05) is 26.4 Å². The van der Waals surface area contributed by atoms with Gasteiger partial charge < -0.3 is 18.9 Å². The molecular formula is C26H38O4. The summed E-state index contributed by atoms with van der Waals surface area (Å²) in [5, 5.41) is 0. The Kier molecular flexibility index (Phi) is 12.3. The first-order chi connectivity index (χ1) is 14.8. The molecule has 1 aliphatic rings. The first kappa shape index (κ1) is 24.5. The standard InChI is InChI=1S/C26H38O4/c1-4-7-17-27-21-24-26(29-19-9-6-3)25(28-18-8-5-2)23(20-30-24)16-15-22-13-11-10-12-14-22/h10-14,20,24-26H,4-9,17-19,21H2,1-3H3/t24-,25-,26+/m1/s1. The summed E-state index contributed by atoms with van der Waals surface area (Å²) >= 11 is 0. The molecule has 1 aromatic carbocycles. The predicted molar refractivity (Wildman–Crippen MR) is 121 cm³/mol. The van der Waals surface area contributed by atoms with E-state index in [0.717, 1.165) is 56.3 Å². The molecule has 0 bridgehead atoms. The maximum absolute atomic E-state index is 6.29. The highest BCUT2D eigenvalue weighted by Gasteiger charge is 2.38. The van der Waals surface area contributed by atoms with Gasteiger partial charge in [-0.25, -0.2) is 0 Å². The van der Waals surface area contributed by atoms with Crippen LogP contribution in [-0.2, 0) is 18.9 Å². The predicted octanol–water partition coefficient (Wildman–Crippen LogP) is 5.51. The summed E-state index contributed by atoms with van der Waals surface area (Å²) in [5.41, 5.74) is 1.81. The van der Waals surface area contributed by atoms with Crippen molar-refractivity contribution in [3.8, 4) is 11.8 Å². The van der Waals surface area contributed by atoms with Crippen LogP contribution in [0.5, 0.6) is 0 Å². The molecule has 0 aromatic heterocycles. The fourth-order valence-electron chi connectivity index (χ4n) is 3.12. The van der Waals surface area contributed by atoms with Crippen LogP contribution in [0.3, 0.4) is 0 Å². The minimum absolute atomic E-state index is 0.187. The molecule has 0 saturated carbocycles. The minimum Gasteiger partial charge on any atom is -0.492 e. The highest BCUT2D eigenvalue weighted by atomic mass is 16.6. The average Bonchev–Trinajstić information content (AvgIpc) is 2.78.